The van der Waals surface area contributed by atoms with E-state index in [0.29, 0.717) is 22.6 Å². The quantitative estimate of drug-likeness (QED) is 0.399. The lowest BCUT2D eigenvalue weighted by atomic mass is 10.1. The molecule has 0 fully saturated rings. The second-order valence-corrected chi connectivity index (χ2v) is 6.63. The Balaban J connectivity index is 2.10. The maximum atomic E-state index is 12.6. The Labute approximate surface area is 181 Å². The molecule has 0 N–H and O–H groups in total. The smallest absolute Gasteiger partial charge is 0.379 e. The molecule has 3 aromatic rings. The van der Waals surface area contributed by atoms with Crippen molar-refractivity contribution in [1.29, 1.82) is 0 Å². The number of hydrogen-bond acceptors (Lipinski definition) is 7. The average molecular weight is 448 g/mol. The van der Waals surface area contributed by atoms with Crippen LogP contribution in [0.2, 0.25) is 10.0 Å². The molecule has 1 aromatic carbocycles. The lowest BCUT2D eigenvalue weighted by Gasteiger charge is -2.13. The summed E-state index contributed by atoms with van der Waals surface area (Å²) in [7, 11) is 2.98. The Hall–Kier alpha value is -3.29. The number of rotatable bonds is 6. The van der Waals surface area contributed by atoms with Gasteiger partial charge in [0.2, 0.25) is 5.76 Å². The van der Waals surface area contributed by atoms with Crippen LogP contribution in [0.15, 0.2) is 58.2 Å². The van der Waals surface area contributed by atoms with Gasteiger partial charge in [-0.15, -0.1) is 0 Å². The summed E-state index contributed by atoms with van der Waals surface area (Å²) in [5.74, 6) is -0.158. The molecule has 0 atom stereocenters. The first-order valence-electron chi connectivity index (χ1n) is 8.47. The van der Waals surface area contributed by atoms with Gasteiger partial charge in [-0.3, -0.25) is 9.78 Å². The fourth-order valence-corrected chi connectivity index (χ4v) is 2.97. The number of pyridine rings is 1. The van der Waals surface area contributed by atoms with Crippen molar-refractivity contribution in [3.63, 3.8) is 0 Å². The number of halogens is 2. The minimum Gasteiger partial charge on any atom is -0.493 e. The molecule has 0 saturated carbocycles. The van der Waals surface area contributed by atoms with E-state index < -0.39 is 11.4 Å². The third-order valence-electron chi connectivity index (χ3n) is 3.94. The number of carbonyl (C=O) groups excluding carboxylic acids is 1. The summed E-state index contributed by atoms with van der Waals surface area (Å²) in [6.07, 6.45) is 5.40. The molecular formula is C21H15Cl2NO6. The van der Waals surface area contributed by atoms with E-state index in [9.17, 15) is 9.59 Å². The zero-order valence-corrected chi connectivity index (χ0v) is 17.4. The van der Waals surface area contributed by atoms with E-state index in [-0.39, 0.29) is 21.6 Å². The molecule has 0 spiro atoms. The van der Waals surface area contributed by atoms with E-state index in [4.69, 9.17) is 41.8 Å². The van der Waals surface area contributed by atoms with Crippen molar-refractivity contribution < 1.29 is 23.4 Å². The van der Waals surface area contributed by atoms with Crippen LogP contribution in [0.5, 0.6) is 11.5 Å². The minimum absolute atomic E-state index is 0.0856. The first-order valence-corrected chi connectivity index (χ1v) is 9.22. The van der Waals surface area contributed by atoms with Crippen molar-refractivity contribution in [2.45, 2.75) is 0 Å². The predicted octanol–water partition coefficient (Wildman–Crippen LogP) is 4.71. The highest BCUT2D eigenvalue weighted by Crippen LogP contribution is 2.34. The Morgan fingerprint density at radius 3 is 2.37 bits per heavy atom. The number of methoxy groups -OCH3 is 2. The van der Waals surface area contributed by atoms with Gasteiger partial charge in [-0.2, -0.15) is 0 Å². The highest BCUT2D eigenvalue weighted by atomic mass is 35.5. The zero-order chi connectivity index (χ0) is 21.7. The Morgan fingerprint density at radius 1 is 1.03 bits per heavy atom. The molecule has 0 aliphatic heterocycles. The van der Waals surface area contributed by atoms with E-state index >= 15 is 0 Å². The number of benzene rings is 1. The fraction of sp³-hybridized carbons (Fsp3) is 0.0952. The van der Waals surface area contributed by atoms with Gasteiger partial charge < -0.3 is 18.6 Å². The van der Waals surface area contributed by atoms with Crippen molar-refractivity contribution in [2.75, 3.05) is 14.2 Å². The zero-order valence-electron chi connectivity index (χ0n) is 15.8. The molecule has 0 aliphatic carbocycles. The number of esters is 1. The maximum absolute atomic E-state index is 12.6. The predicted molar refractivity (Wildman–Crippen MR) is 112 cm³/mol. The molecule has 9 heteroatoms. The molecule has 3 rings (SSSR count). The monoisotopic (exact) mass is 447 g/mol. The Morgan fingerprint density at radius 2 is 1.73 bits per heavy atom. The lowest BCUT2D eigenvalue weighted by Crippen LogP contribution is -2.08. The van der Waals surface area contributed by atoms with Crippen LogP contribution in [-0.4, -0.2) is 25.2 Å². The summed E-state index contributed by atoms with van der Waals surface area (Å²) in [6.45, 7) is 0. The maximum Gasteiger partial charge on any atom is 0.379 e. The van der Waals surface area contributed by atoms with E-state index in [2.05, 4.69) is 4.98 Å². The summed E-state index contributed by atoms with van der Waals surface area (Å²) in [5.41, 5.74) is 0.453. The first-order chi connectivity index (χ1) is 14.4. The fourth-order valence-electron chi connectivity index (χ4n) is 2.49. The van der Waals surface area contributed by atoms with Gasteiger partial charge in [0.25, 0.3) is 0 Å². The second kappa shape index (κ2) is 9.47. The molecule has 0 unspecified atom stereocenters. The standard InChI is InChI=1S/C21H15Cl2NO6/c1-27-17-4-3-12(7-19(17)28-2)18(9-14-15(22)10-24-11-16(14)23)30-21(26)20-8-13(25)5-6-29-20/h3-11H,1-2H3/b18-9+. The van der Waals surface area contributed by atoms with Crippen LogP contribution < -0.4 is 14.9 Å². The van der Waals surface area contributed by atoms with Gasteiger partial charge in [-0.25, -0.2) is 4.79 Å². The normalized spacial score (nSPS) is 11.1. The molecule has 2 aromatic heterocycles. The largest absolute Gasteiger partial charge is 0.493 e. The summed E-state index contributed by atoms with van der Waals surface area (Å²) >= 11 is 12.4. The van der Waals surface area contributed by atoms with Crippen LogP contribution in [-0.2, 0) is 4.74 Å². The van der Waals surface area contributed by atoms with Crippen LogP contribution in [0, 0.1) is 0 Å². The molecule has 0 saturated heterocycles. The highest BCUT2D eigenvalue weighted by molar-refractivity contribution is 6.37. The SMILES string of the molecule is COc1ccc(/C(=C\c2c(Cl)cncc2Cl)OC(=O)c2cc(=O)cco2)cc1OC. The number of hydrogen-bond donors (Lipinski definition) is 0. The van der Waals surface area contributed by atoms with Gasteiger partial charge in [0.15, 0.2) is 16.9 Å². The molecule has 7 nitrogen and oxygen atoms in total. The van der Waals surface area contributed by atoms with E-state index in [1.807, 2.05) is 0 Å². The lowest BCUT2D eigenvalue weighted by molar-refractivity contribution is 0.0656. The highest BCUT2D eigenvalue weighted by Gasteiger charge is 2.18. The number of ether oxygens (including phenoxy) is 3. The van der Waals surface area contributed by atoms with Crippen molar-refractivity contribution in [1.82, 2.24) is 4.98 Å². The van der Waals surface area contributed by atoms with Gasteiger partial charge in [0.05, 0.1) is 30.5 Å². The topological polar surface area (TPSA) is 87.9 Å². The van der Waals surface area contributed by atoms with Gasteiger partial charge in [-0.05, 0) is 24.3 Å². The molecule has 0 bridgehead atoms. The van der Waals surface area contributed by atoms with Gasteiger partial charge in [0.1, 0.15) is 5.76 Å². The van der Waals surface area contributed by atoms with Gasteiger partial charge in [-0.1, -0.05) is 23.2 Å². The molecular weight excluding hydrogens is 433 g/mol. The molecule has 0 radical (unpaired) electrons. The van der Waals surface area contributed by atoms with Crippen molar-refractivity contribution in [2.24, 2.45) is 0 Å². The Bertz CT molecular complexity index is 1150. The van der Waals surface area contributed by atoms with Crippen LogP contribution in [0.25, 0.3) is 11.8 Å². The van der Waals surface area contributed by atoms with Crippen LogP contribution in [0.1, 0.15) is 21.7 Å². The first kappa shape index (κ1) is 21.4. The Kier molecular flexibility index (Phi) is 6.76. The number of aromatic nitrogens is 1. The minimum atomic E-state index is -0.880. The molecule has 0 aliphatic rings. The second-order valence-electron chi connectivity index (χ2n) is 5.82. The van der Waals surface area contributed by atoms with Crippen LogP contribution in [0.3, 0.4) is 0 Å². The van der Waals surface area contributed by atoms with Crippen molar-refractivity contribution >= 4 is 41.0 Å². The van der Waals surface area contributed by atoms with Crippen LogP contribution >= 0.6 is 23.2 Å². The third kappa shape index (κ3) is 4.82. The van der Waals surface area contributed by atoms with Gasteiger partial charge in [0, 0.05) is 35.7 Å². The summed E-state index contributed by atoms with van der Waals surface area (Å²) < 4.78 is 21.2. The van der Waals surface area contributed by atoms with E-state index in [0.717, 1.165) is 12.3 Å². The van der Waals surface area contributed by atoms with Crippen molar-refractivity contribution in [3.8, 4) is 11.5 Å². The van der Waals surface area contributed by atoms with Gasteiger partial charge >= 0.3 is 5.97 Å². The number of carbonyl (C=O) groups is 1. The average Bonchev–Trinajstić information content (AvgIpc) is 2.75. The van der Waals surface area contributed by atoms with Crippen molar-refractivity contribution in [3.05, 3.63) is 86.1 Å². The number of nitrogens with zero attached hydrogens (tertiary/aromatic N) is 1. The summed E-state index contributed by atoms with van der Waals surface area (Å²) in [5, 5.41) is 0.505. The molecule has 30 heavy (non-hydrogen) atoms. The van der Waals surface area contributed by atoms with E-state index in [1.165, 1.54) is 38.8 Å². The third-order valence-corrected chi connectivity index (χ3v) is 4.54. The summed E-state index contributed by atoms with van der Waals surface area (Å²) in [6, 6.07) is 7.13. The van der Waals surface area contributed by atoms with Crippen LogP contribution in [0.4, 0.5) is 0 Å². The van der Waals surface area contributed by atoms with E-state index in [1.54, 1.807) is 18.2 Å². The molecule has 154 valence electrons. The summed E-state index contributed by atoms with van der Waals surface area (Å²) in [4.78, 5) is 28.0. The molecule has 2 heterocycles. The molecule has 0 amide bonds.